The predicted molar refractivity (Wildman–Crippen MR) is 223 cm³/mol. The second-order valence-electron chi connectivity index (χ2n) is 14.3. The summed E-state index contributed by atoms with van der Waals surface area (Å²) >= 11 is 0. The Morgan fingerprint density at radius 3 is 1.37 bits per heavy atom. The van der Waals surface area contributed by atoms with Gasteiger partial charge in [0, 0.05) is 52.8 Å². The minimum absolute atomic E-state index is 0.0359. The van der Waals surface area contributed by atoms with Gasteiger partial charge in [-0.15, -0.1) is 0 Å². The van der Waals surface area contributed by atoms with Crippen molar-refractivity contribution in [3.05, 3.63) is 145 Å². The molecule has 298 valence electrons. The first-order valence-electron chi connectivity index (χ1n) is 18.0. The molecule has 0 aliphatic rings. The summed E-state index contributed by atoms with van der Waals surface area (Å²) < 4.78 is 70.4. The van der Waals surface area contributed by atoms with Crippen molar-refractivity contribution < 1.29 is 35.5 Å². The van der Waals surface area contributed by atoms with Crippen LogP contribution >= 0.6 is 0 Å². The number of Topliss-reactive ketones (excluding diaryl/α,β-unsaturated/α-hetero) is 2. The van der Waals surface area contributed by atoms with E-state index in [0.29, 0.717) is 50.8 Å². The predicted octanol–water partition coefficient (Wildman–Crippen LogP) is 7.86. The van der Waals surface area contributed by atoms with Crippen LogP contribution in [-0.4, -0.2) is 37.5 Å². The van der Waals surface area contributed by atoms with Gasteiger partial charge >= 0.3 is 10.1 Å². The Morgan fingerprint density at radius 2 is 1.02 bits per heavy atom. The van der Waals surface area contributed by atoms with Gasteiger partial charge in [0.15, 0.2) is 11.6 Å². The molecule has 0 bridgehead atoms. The van der Waals surface area contributed by atoms with Gasteiger partial charge in [-0.1, -0.05) is 12.1 Å². The van der Waals surface area contributed by atoms with Crippen molar-refractivity contribution in [2.24, 2.45) is 11.5 Å². The Labute approximate surface area is 334 Å². The van der Waals surface area contributed by atoms with Crippen LogP contribution in [0.1, 0.15) is 95.8 Å². The first-order chi connectivity index (χ1) is 26.6. The van der Waals surface area contributed by atoms with E-state index < -0.39 is 30.0 Å². The van der Waals surface area contributed by atoms with Crippen LogP contribution in [0.5, 0.6) is 0 Å². The molecule has 5 aromatic rings. The van der Waals surface area contributed by atoms with Gasteiger partial charge in [-0.3, -0.25) is 18.7 Å². The number of anilines is 4. The number of nitrogens with two attached hydrogens (primary N) is 2. The van der Waals surface area contributed by atoms with Gasteiger partial charge in [-0.05, 0) is 137 Å². The van der Waals surface area contributed by atoms with E-state index in [4.69, 9.17) is 11.5 Å². The Balaban J connectivity index is 1.73. The number of ketones is 2. The molecule has 0 amide bonds. The molecule has 0 aliphatic heterocycles. The van der Waals surface area contributed by atoms with Crippen molar-refractivity contribution in [1.29, 1.82) is 0 Å². The molecular weight excluding hydrogens is 765 g/mol. The summed E-state index contributed by atoms with van der Waals surface area (Å²) in [6, 6.07) is 17.3. The summed E-state index contributed by atoms with van der Waals surface area (Å²) in [4.78, 5) is 23.6. The number of rotatable bonds is 13. The van der Waals surface area contributed by atoms with E-state index in [0.717, 1.165) is 50.8 Å². The lowest BCUT2D eigenvalue weighted by Gasteiger charge is -2.22. The lowest BCUT2D eigenvalue weighted by molar-refractivity contribution is 0.100. The summed E-state index contributed by atoms with van der Waals surface area (Å²) in [6.45, 7) is 14.5. The molecule has 0 unspecified atom stereocenters. The maximum absolute atomic E-state index is 12.9. The fourth-order valence-electron chi connectivity index (χ4n) is 7.75. The maximum atomic E-state index is 12.9. The topological polar surface area (TPSA) is 219 Å². The third-order valence-corrected chi connectivity index (χ3v) is 11.9. The van der Waals surface area contributed by atoms with Crippen LogP contribution < -0.4 is 22.1 Å². The first-order valence-corrected chi connectivity index (χ1v) is 20.9. The van der Waals surface area contributed by atoms with Crippen LogP contribution in [0.4, 0.5) is 22.7 Å². The minimum Gasteiger partial charge on any atom is -0.354 e. The van der Waals surface area contributed by atoms with Crippen molar-refractivity contribution >= 4 is 54.6 Å². The number of carbonyl (C=O) groups is 2. The zero-order valence-electron chi connectivity index (χ0n) is 33.1. The largest absolute Gasteiger partial charge is 0.354 e. The Kier molecular flexibility index (Phi) is 12.2. The summed E-state index contributed by atoms with van der Waals surface area (Å²) in [5.74, 6) is 0.133. The zero-order chi connectivity index (χ0) is 42.3. The Hall–Kier alpha value is -5.35. The van der Waals surface area contributed by atoms with Crippen LogP contribution in [0.3, 0.4) is 0 Å². The molecule has 14 heteroatoms. The van der Waals surface area contributed by atoms with Crippen molar-refractivity contribution in [3.8, 4) is 0 Å². The van der Waals surface area contributed by atoms with E-state index in [2.05, 4.69) is 10.6 Å². The van der Waals surface area contributed by atoms with Gasteiger partial charge in [0.05, 0.1) is 34.0 Å². The van der Waals surface area contributed by atoms with Gasteiger partial charge in [-0.2, -0.15) is 16.8 Å². The Morgan fingerprint density at radius 1 is 0.596 bits per heavy atom. The molecule has 0 radical (unpaired) electrons. The van der Waals surface area contributed by atoms with E-state index in [1.807, 2.05) is 53.7 Å². The van der Waals surface area contributed by atoms with Crippen LogP contribution in [-0.2, 0) is 33.3 Å². The highest BCUT2D eigenvalue weighted by Gasteiger charge is 2.33. The molecule has 0 spiro atoms. The summed E-state index contributed by atoms with van der Waals surface area (Å²) in [5, 5.41) is 6.88. The number of carbonyl (C=O) groups excluding carboxylic acids is 2. The second-order valence-corrected chi connectivity index (χ2v) is 17.1. The molecule has 0 atom stereocenters. The van der Waals surface area contributed by atoms with Gasteiger partial charge in [0.1, 0.15) is 9.79 Å². The highest BCUT2D eigenvalue weighted by molar-refractivity contribution is 7.86. The molecule has 5 aromatic carbocycles. The summed E-state index contributed by atoms with van der Waals surface area (Å²) in [5.41, 5.74) is 23.7. The van der Waals surface area contributed by atoms with E-state index >= 15 is 0 Å². The normalized spacial score (nSPS) is 11.7. The molecule has 8 N–H and O–H groups in total. The second kappa shape index (κ2) is 16.3. The summed E-state index contributed by atoms with van der Waals surface area (Å²) in [6.07, 6.45) is 0. The fourth-order valence-corrected chi connectivity index (χ4v) is 9.05. The quantitative estimate of drug-likeness (QED) is 0.0290. The highest BCUT2D eigenvalue weighted by atomic mass is 32.2. The SMILES string of the molecule is CC(=O)c1c(C)cc(C)c(Nc2ccc([C+](c3ccc(Nc4c(C)cc(C)c(C(C)=O)c4C)c(CN)c3)c3ccc(S(=O)(=O)O)cc3S(=O)(=O)O)cc2CN)c1C. The van der Waals surface area contributed by atoms with Gasteiger partial charge < -0.3 is 22.1 Å². The average Bonchev–Trinajstić information content (AvgIpc) is 3.11. The fraction of sp³-hybridized carbons (Fsp3) is 0.233. The number of aryl methyl sites for hydroxylation is 4. The summed E-state index contributed by atoms with van der Waals surface area (Å²) in [7, 11) is -9.94. The van der Waals surface area contributed by atoms with Crippen molar-refractivity contribution in [1.82, 2.24) is 0 Å². The highest BCUT2D eigenvalue weighted by Crippen LogP contribution is 2.40. The lowest BCUT2D eigenvalue weighted by Crippen LogP contribution is -2.15. The molecule has 0 fully saturated rings. The van der Waals surface area contributed by atoms with Crippen LogP contribution in [0.2, 0.25) is 0 Å². The average molecular weight is 812 g/mol. The van der Waals surface area contributed by atoms with Crippen molar-refractivity contribution in [2.45, 2.75) is 78.3 Å². The minimum atomic E-state index is -5.08. The monoisotopic (exact) mass is 811 g/mol. The zero-order valence-corrected chi connectivity index (χ0v) is 34.7. The molecule has 0 saturated heterocycles. The molecular formula is C43H47N4O8S2+. The molecule has 0 aliphatic carbocycles. The third-order valence-electron chi connectivity index (χ3n) is 10.2. The van der Waals surface area contributed by atoms with E-state index in [1.165, 1.54) is 19.9 Å². The molecule has 5 rings (SSSR count). The van der Waals surface area contributed by atoms with Crippen molar-refractivity contribution in [3.63, 3.8) is 0 Å². The van der Waals surface area contributed by atoms with E-state index in [-0.39, 0.29) is 36.1 Å². The molecule has 0 aromatic heterocycles. The number of hydrogen-bond acceptors (Lipinski definition) is 10. The molecule has 12 nitrogen and oxygen atoms in total. The van der Waals surface area contributed by atoms with Crippen LogP contribution in [0.15, 0.2) is 76.5 Å². The number of hydrogen-bond donors (Lipinski definition) is 6. The number of benzene rings is 5. The third kappa shape index (κ3) is 8.66. The molecule has 57 heavy (non-hydrogen) atoms. The standard InChI is InChI=1S/C43H46N4O8S2/c1-22-15-24(3)42(26(5)39(22)28(7)48)46-36-13-9-30(17-32(36)20-44)41(35-12-11-34(56(50,51)52)19-38(35)57(53,54)55)31-10-14-37(33(18-31)21-45)47-43-25(4)16-23(2)40(27(43)6)29(8)49/h9-19,46-47H,20-21,44-45H2,1-8H3,(H-,50,51,52,53,54,55)/p+1. The Bertz CT molecular complexity index is 2560. The van der Waals surface area contributed by atoms with Crippen molar-refractivity contribution in [2.75, 3.05) is 10.6 Å². The van der Waals surface area contributed by atoms with E-state index in [1.54, 1.807) is 36.4 Å². The van der Waals surface area contributed by atoms with Gasteiger partial charge in [0.2, 0.25) is 0 Å². The van der Waals surface area contributed by atoms with Crippen LogP contribution in [0, 0.1) is 47.5 Å². The van der Waals surface area contributed by atoms with Gasteiger partial charge in [0.25, 0.3) is 10.1 Å². The maximum Gasteiger partial charge on any atom is 0.315 e. The lowest BCUT2D eigenvalue weighted by atomic mass is 9.83. The molecule has 0 saturated carbocycles. The number of nitrogens with one attached hydrogen (secondary N) is 2. The molecule has 0 heterocycles. The van der Waals surface area contributed by atoms with E-state index in [9.17, 15) is 35.5 Å². The van der Waals surface area contributed by atoms with Crippen LogP contribution in [0.25, 0.3) is 0 Å². The smallest absolute Gasteiger partial charge is 0.315 e. The van der Waals surface area contributed by atoms with Gasteiger partial charge in [-0.25, -0.2) is 0 Å². The first kappa shape index (κ1) is 42.8.